The predicted octanol–water partition coefficient (Wildman–Crippen LogP) is 2.35. The van der Waals surface area contributed by atoms with Crippen LogP contribution in [0.2, 0.25) is 0 Å². The molecule has 49 heavy (non-hydrogen) atoms. The molecule has 2 bridgehead atoms. The van der Waals surface area contributed by atoms with Gasteiger partial charge in [0.1, 0.15) is 24.4 Å². The molecule has 2 heterocycles. The number of benzene rings is 2. The third-order valence-corrected chi connectivity index (χ3v) is 8.60. The topological polar surface area (TPSA) is 214 Å². The molecule has 2 aromatic carbocycles. The molecule has 0 radical (unpaired) electrons. The highest BCUT2D eigenvalue weighted by Gasteiger charge is 2.31. The molecule has 5 N–H and O–H groups in total. The van der Waals surface area contributed by atoms with Gasteiger partial charge in [0.25, 0.3) is 11.9 Å². The number of hydrogen-bond donors (Lipinski definition) is 5. The van der Waals surface area contributed by atoms with Crippen molar-refractivity contribution in [1.82, 2.24) is 26.3 Å². The summed E-state index contributed by atoms with van der Waals surface area (Å²) >= 11 is 0. The first-order valence-corrected chi connectivity index (χ1v) is 17.7. The molecule has 0 saturated carbocycles. The van der Waals surface area contributed by atoms with E-state index in [0.29, 0.717) is 24.9 Å². The molecular formula is C34H43N5O9S. The van der Waals surface area contributed by atoms with Crippen molar-refractivity contribution < 1.29 is 41.9 Å². The van der Waals surface area contributed by atoms with Crippen molar-refractivity contribution in [3.63, 3.8) is 0 Å². The summed E-state index contributed by atoms with van der Waals surface area (Å²) in [6.07, 6.45) is 3.73. The minimum absolute atomic E-state index is 0.0783. The van der Waals surface area contributed by atoms with Gasteiger partial charge in [-0.05, 0) is 48.4 Å². The van der Waals surface area contributed by atoms with Crippen LogP contribution in [0.4, 0.5) is 0 Å². The highest BCUT2D eigenvalue weighted by molar-refractivity contribution is 7.90. The van der Waals surface area contributed by atoms with Gasteiger partial charge in [-0.15, -0.1) is 0 Å². The number of aromatic nitrogens is 1. The molecule has 0 fully saturated rings. The highest BCUT2D eigenvalue weighted by Crippen LogP contribution is 2.22. The molecule has 0 spiro atoms. The standard InChI is InChI=1S/C32H39N5O7S.C2H4O2/c1-20(2)28-32-36-26(19-44-32)29(39)33-16-8-7-11-24(34-27(38)18-22-12-14-23(15-13-22)45(3,42)43)30(40)35-25(31(41)37-28)17-21-9-5-4-6-10-21;1-2(3)4/h4-6,9-10,12-15,19-20,24-25,28H,7-8,11,16-18H2,1-3H3,(H,33,39)(H,34,38)(H,35,40)(H,37,41);1H3,(H,3,4)/t24-,25-,28-;/m0./s1. The van der Waals surface area contributed by atoms with E-state index in [9.17, 15) is 27.6 Å². The van der Waals surface area contributed by atoms with Crippen LogP contribution < -0.4 is 21.3 Å². The van der Waals surface area contributed by atoms with E-state index < -0.39 is 57.6 Å². The van der Waals surface area contributed by atoms with Gasteiger partial charge >= 0.3 is 0 Å². The number of aliphatic carboxylic acids is 1. The monoisotopic (exact) mass is 697 g/mol. The van der Waals surface area contributed by atoms with Gasteiger partial charge in [-0.2, -0.15) is 0 Å². The van der Waals surface area contributed by atoms with Crippen molar-refractivity contribution in [3.8, 4) is 0 Å². The zero-order valence-electron chi connectivity index (χ0n) is 27.9. The summed E-state index contributed by atoms with van der Waals surface area (Å²) in [4.78, 5) is 66.6. The van der Waals surface area contributed by atoms with E-state index in [1.165, 1.54) is 18.4 Å². The number of carboxylic acids is 1. The molecule has 0 aliphatic carbocycles. The van der Waals surface area contributed by atoms with Crippen LogP contribution in [0.3, 0.4) is 0 Å². The number of carboxylic acid groups (broad SMARTS) is 1. The Morgan fingerprint density at radius 3 is 2.24 bits per heavy atom. The average molecular weight is 698 g/mol. The number of hydrogen-bond acceptors (Lipinski definition) is 9. The Morgan fingerprint density at radius 2 is 1.63 bits per heavy atom. The second kappa shape index (κ2) is 17.9. The molecular weight excluding hydrogens is 654 g/mol. The summed E-state index contributed by atoms with van der Waals surface area (Å²) in [5.41, 5.74) is 1.49. The lowest BCUT2D eigenvalue weighted by molar-refractivity contribution is -0.134. The van der Waals surface area contributed by atoms with Gasteiger partial charge in [0.15, 0.2) is 15.5 Å². The molecule has 4 rings (SSSR count). The van der Waals surface area contributed by atoms with Crippen molar-refractivity contribution in [2.75, 3.05) is 12.8 Å². The van der Waals surface area contributed by atoms with E-state index in [1.54, 1.807) is 12.1 Å². The number of carbonyl (C=O) groups is 5. The predicted molar refractivity (Wildman–Crippen MR) is 179 cm³/mol. The van der Waals surface area contributed by atoms with Crippen LogP contribution in [0, 0.1) is 5.92 Å². The lowest BCUT2D eigenvalue weighted by atomic mass is 10.0. The molecule has 1 aromatic heterocycles. The first kappa shape index (κ1) is 38.4. The third-order valence-electron chi connectivity index (χ3n) is 7.47. The first-order chi connectivity index (χ1) is 23.1. The number of carbonyl (C=O) groups excluding carboxylic acids is 4. The van der Waals surface area contributed by atoms with Crippen molar-refractivity contribution in [3.05, 3.63) is 83.6 Å². The molecule has 4 amide bonds. The molecule has 3 aromatic rings. The molecule has 264 valence electrons. The van der Waals surface area contributed by atoms with Crippen LogP contribution in [0.5, 0.6) is 0 Å². The van der Waals surface area contributed by atoms with E-state index in [-0.39, 0.29) is 41.7 Å². The van der Waals surface area contributed by atoms with Crippen molar-refractivity contribution in [1.29, 1.82) is 0 Å². The van der Waals surface area contributed by atoms with Gasteiger partial charge < -0.3 is 30.8 Å². The Hall–Kier alpha value is -5.05. The molecule has 1 aliphatic heterocycles. The summed E-state index contributed by atoms with van der Waals surface area (Å²) in [5, 5.41) is 18.8. The summed E-state index contributed by atoms with van der Waals surface area (Å²) in [6.45, 7) is 5.15. The Balaban J connectivity index is 0.00000154. The molecule has 1 aliphatic rings. The minimum Gasteiger partial charge on any atom is -0.481 e. The lowest BCUT2D eigenvalue weighted by Crippen LogP contribution is -2.55. The van der Waals surface area contributed by atoms with Crippen molar-refractivity contribution in [2.45, 2.75) is 75.9 Å². The minimum atomic E-state index is -3.38. The first-order valence-electron chi connectivity index (χ1n) is 15.8. The Labute approximate surface area is 285 Å². The maximum atomic E-state index is 13.7. The van der Waals surface area contributed by atoms with E-state index in [0.717, 1.165) is 18.7 Å². The van der Waals surface area contributed by atoms with E-state index in [4.69, 9.17) is 14.3 Å². The summed E-state index contributed by atoms with van der Waals surface area (Å²) < 4.78 is 29.1. The van der Waals surface area contributed by atoms with Gasteiger partial charge in [0.2, 0.25) is 23.6 Å². The normalized spacial score (nSPS) is 19.0. The quantitative estimate of drug-likeness (QED) is 0.243. The Morgan fingerprint density at radius 1 is 0.980 bits per heavy atom. The molecule has 0 saturated heterocycles. The van der Waals surface area contributed by atoms with Crippen LogP contribution in [0.1, 0.15) is 73.6 Å². The van der Waals surface area contributed by atoms with E-state index >= 15 is 0 Å². The zero-order chi connectivity index (χ0) is 36.1. The van der Waals surface area contributed by atoms with Crippen molar-refractivity contribution >= 4 is 39.4 Å². The Kier molecular flexibility index (Phi) is 14.0. The highest BCUT2D eigenvalue weighted by atomic mass is 32.2. The number of amides is 4. The van der Waals surface area contributed by atoms with Crippen LogP contribution in [0.25, 0.3) is 0 Å². The maximum absolute atomic E-state index is 13.7. The lowest BCUT2D eigenvalue weighted by Gasteiger charge is -2.26. The number of rotatable bonds is 7. The summed E-state index contributed by atoms with van der Waals surface area (Å²) in [6, 6.07) is 12.6. The Bertz CT molecular complexity index is 1700. The van der Waals surface area contributed by atoms with Crippen LogP contribution in [0.15, 0.2) is 70.2 Å². The fourth-order valence-corrected chi connectivity index (χ4v) is 5.58. The van der Waals surface area contributed by atoms with Gasteiger partial charge in [-0.3, -0.25) is 24.0 Å². The summed E-state index contributed by atoms with van der Waals surface area (Å²) in [7, 11) is -3.38. The number of fused-ring (bicyclic) bond motifs is 2. The number of nitrogens with one attached hydrogen (secondary N) is 4. The molecule has 15 heteroatoms. The molecule has 0 unspecified atom stereocenters. The van der Waals surface area contributed by atoms with E-state index in [2.05, 4.69) is 26.3 Å². The number of oxazole rings is 1. The van der Waals surface area contributed by atoms with E-state index in [1.807, 2.05) is 44.2 Å². The summed E-state index contributed by atoms with van der Waals surface area (Å²) in [5.74, 6) is -2.67. The average Bonchev–Trinajstić information content (AvgIpc) is 3.52. The van der Waals surface area contributed by atoms with Gasteiger partial charge in [0, 0.05) is 26.1 Å². The third kappa shape index (κ3) is 12.5. The fraction of sp³-hybridized carbons (Fsp3) is 0.412. The molecule has 3 atom stereocenters. The number of nitrogens with zero attached hydrogens (tertiary/aromatic N) is 1. The van der Waals surface area contributed by atoms with Gasteiger partial charge in [-0.1, -0.05) is 56.3 Å². The number of sulfone groups is 1. The van der Waals surface area contributed by atoms with Crippen molar-refractivity contribution in [2.24, 2.45) is 5.92 Å². The maximum Gasteiger partial charge on any atom is 0.300 e. The zero-order valence-corrected chi connectivity index (χ0v) is 28.7. The smallest absolute Gasteiger partial charge is 0.300 e. The van der Waals surface area contributed by atoms with Gasteiger partial charge in [-0.25, -0.2) is 13.4 Å². The second-order valence-corrected chi connectivity index (χ2v) is 14.1. The van der Waals surface area contributed by atoms with Crippen LogP contribution in [-0.4, -0.2) is 73.0 Å². The largest absolute Gasteiger partial charge is 0.481 e. The fourth-order valence-electron chi connectivity index (χ4n) is 4.95. The van der Waals surface area contributed by atoms with Gasteiger partial charge in [0.05, 0.1) is 11.3 Å². The SMILES string of the molecule is CC(=O)O.CC(C)[C@@H]1NC(=O)[C@H](Cc2ccccc2)NC(=O)[C@@H](NC(=O)Cc2ccc(S(C)(=O)=O)cc2)CCCCNC(=O)c2coc1n2. The van der Waals surface area contributed by atoms with Crippen LogP contribution in [-0.2, 0) is 41.9 Å². The second-order valence-electron chi connectivity index (χ2n) is 12.0. The molecule has 14 nitrogen and oxygen atoms in total. The van der Waals surface area contributed by atoms with Crippen LogP contribution >= 0.6 is 0 Å².